The molecule has 1 aromatic carbocycles. The predicted octanol–water partition coefficient (Wildman–Crippen LogP) is 1.90. The number of aryl methyl sites for hydroxylation is 1. The molecule has 6 rings (SSSR count). The fraction of sp³-hybridized carbons (Fsp3) is 0.360. The number of ether oxygens (including phenoxy) is 1. The fourth-order valence-electron chi connectivity index (χ4n) is 5.10. The van der Waals surface area contributed by atoms with Gasteiger partial charge in [0.1, 0.15) is 0 Å². The lowest BCUT2D eigenvalue weighted by Crippen LogP contribution is -2.35. The zero-order valence-corrected chi connectivity index (χ0v) is 20.5. The van der Waals surface area contributed by atoms with Crippen LogP contribution in [0, 0.1) is 0 Å². The van der Waals surface area contributed by atoms with Crippen LogP contribution in [0.15, 0.2) is 49.1 Å². The molecule has 0 bridgehead atoms. The van der Waals surface area contributed by atoms with Crippen LogP contribution in [0.25, 0.3) is 11.3 Å². The van der Waals surface area contributed by atoms with Crippen LogP contribution in [0.4, 0.5) is 11.6 Å². The van der Waals surface area contributed by atoms with E-state index in [1.54, 1.807) is 28.0 Å². The number of carbonyl (C=O) groups is 1. The Morgan fingerprint density at radius 1 is 1.22 bits per heavy atom. The minimum atomic E-state index is -0.584. The van der Waals surface area contributed by atoms with Gasteiger partial charge in [0.05, 0.1) is 36.4 Å². The van der Waals surface area contributed by atoms with Gasteiger partial charge in [-0.15, -0.1) is 5.10 Å². The number of fused-ring (bicyclic) bond motifs is 1. The van der Waals surface area contributed by atoms with E-state index >= 15 is 0 Å². The second kappa shape index (κ2) is 9.71. The Labute approximate surface area is 213 Å². The molecule has 1 saturated heterocycles. The number of aromatic nitrogens is 7. The number of hydrogen-bond acceptors (Lipinski definition) is 9. The van der Waals surface area contributed by atoms with E-state index in [2.05, 4.69) is 48.8 Å². The van der Waals surface area contributed by atoms with Crippen LogP contribution >= 0.6 is 0 Å². The number of carbonyl (C=O) groups excluding carboxylic acids is 1. The quantitative estimate of drug-likeness (QED) is 0.406. The first-order valence-corrected chi connectivity index (χ1v) is 12.3. The van der Waals surface area contributed by atoms with E-state index in [1.807, 2.05) is 19.3 Å². The molecule has 5 heterocycles. The lowest BCUT2D eigenvalue weighted by molar-refractivity contribution is 0.0995. The Morgan fingerprint density at radius 3 is 2.89 bits per heavy atom. The van der Waals surface area contributed by atoms with E-state index in [9.17, 15) is 4.79 Å². The minimum absolute atomic E-state index is 0.0646. The van der Waals surface area contributed by atoms with Gasteiger partial charge in [-0.05, 0) is 36.1 Å². The fourth-order valence-corrected chi connectivity index (χ4v) is 5.10. The highest BCUT2D eigenvalue weighted by Gasteiger charge is 2.30. The van der Waals surface area contributed by atoms with Crippen molar-refractivity contribution in [3.05, 3.63) is 65.9 Å². The minimum Gasteiger partial charge on any atom is -0.380 e. The van der Waals surface area contributed by atoms with Crippen LogP contribution in [0.5, 0.6) is 0 Å². The molecule has 12 heteroatoms. The van der Waals surface area contributed by atoms with Crippen LogP contribution in [-0.2, 0) is 18.3 Å². The number of nitrogens with two attached hydrogens (primary N) is 1. The number of nitrogens with one attached hydrogen (secondary N) is 1. The number of anilines is 2. The second-order valence-electron chi connectivity index (χ2n) is 9.45. The van der Waals surface area contributed by atoms with Gasteiger partial charge in [-0.1, -0.05) is 17.3 Å². The third-order valence-electron chi connectivity index (χ3n) is 6.98. The van der Waals surface area contributed by atoms with Crippen LogP contribution in [-0.4, -0.2) is 71.3 Å². The molecule has 0 spiro atoms. The molecule has 12 nitrogen and oxygen atoms in total. The molecule has 190 valence electrons. The van der Waals surface area contributed by atoms with E-state index in [0.717, 1.165) is 61.7 Å². The zero-order chi connectivity index (χ0) is 25.4. The zero-order valence-electron chi connectivity index (χ0n) is 20.5. The summed E-state index contributed by atoms with van der Waals surface area (Å²) in [7, 11) is 1.86. The largest absolute Gasteiger partial charge is 0.380 e. The van der Waals surface area contributed by atoms with Crippen molar-refractivity contribution in [2.45, 2.75) is 31.5 Å². The van der Waals surface area contributed by atoms with Crippen LogP contribution < -0.4 is 11.1 Å². The Bertz CT molecular complexity index is 1420. The summed E-state index contributed by atoms with van der Waals surface area (Å²) >= 11 is 0. The van der Waals surface area contributed by atoms with Gasteiger partial charge in [-0.3, -0.25) is 14.4 Å². The maximum Gasteiger partial charge on any atom is 0.270 e. The molecule has 0 radical (unpaired) electrons. The molecule has 2 atom stereocenters. The number of amides is 1. The number of hydrogen-bond donors (Lipinski definition) is 2. The highest BCUT2D eigenvalue weighted by atomic mass is 16.5. The molecule has 3 aromatic heterocycles. The van der Waals surface area contributed by atoms with Gasteiger partial charge in [-0.2, -0.15) is 5.10 Å². The summed E-state index contributed by atoms with van der Waals surface area (Å²) in [6.07, 6.45) is 8.83. The molecule has 0 saturated carbocycles. The topological polar surface area (TPSA) is 142 Å². The summed E-state index contributed by atoms with van der Waals surface area (Å²) in [5, 5.41) is 15.6. The Kier molecular flexibility index (Phi) is 6.10. The molecule has 37 heavy (non-hydrogen) atoms. The third kappa shape index (κ3) is 4.80. The normalized spacial score (nSPS) is 19.9. The Hall–Kier alpha value is -4.16. The third-order valence-corrected chi connectivity index (χ3v) is 6.98. The van der Waals surface area contributed by atoms with E-state index in [-0.39, 0.29) is 11.7 Å². The molecule has 1 amide bonds. The number of primary amides is 1. The van der Waals surface area contributed by atoms with Crippen molar-refractivity contribution in [1.82, 2.24) is 39.6 Å². The van der Waals surface area contributed by atoms with Crippen LogP contribution in [0.3, 0.4) is 0 Å². The average Bonchev–Trinajstić information content (AvgIpc) is 3.65. The van der Waals surface area contributed by atoms with Crippen molar-refractivity contribution in [3.8, 4) is 11.3 Å². The van der Waals surface area contributed by atoms with Crippen molar-refractivity contribution in [2.75, 3.05) is 25.1 Å². The Morgan fingerprint density at radius 2 is 2.14 bits per heavy atom. The first-order valence-electron chi connectivity index (χ1n) is 12.3. The van der Waals surface area contributed by atoms with Gasteiger partial charge in [0, 0.05) is 50.7 Å². The van der Waals surface area contributed by atoms with Crippen LogP contribution in [0.1, 0.15) is 40.5 Å². The van der Waals surface area contributed by atoms with Crippen molar-refractivity contribution < 1.29 is 9.53 Å². The average molecular weight is 501 g/mol. The standard InChI is InChI=1S/C25H28N10O2/c1-33-13-18(11-28-33)29-25-27-7-4-21(30-25)16-2-3-20-17(10-16)12-34(19-6-9-37-15-19)8-5-23(20)35-14-22(24(26)36)31-32-35/h2-4,7,10-11,13-14,19,23H,5-6,8-9,12,15H2,1H3,(H2,26,36)(H,27,29,30)/t19-,23+/m0/s1. The molecule has 0 unspecified atom stereocenters. The van der Waals surface area contributed by atoms with Gasteiger partial charge in [0.15, 0.2) is 5.69 Å². The molecular weight excluding hydrogens is 472 g/mol. The van der Waals surface area contributed by atoms with Gasteiger partial charge in [0.25, 0.3) is 5.91 Å². The first kappa shape index (κ1) is 23.3. The molecule has 3 N–H and O–H groups in total. The summed E-state index contributed by atoms with van der Waals surface area (Å²) in [5.74, 6) is -0.0794. The smallest absolute Gasteiger partial charge is 0.270 e. The van der Waals surface area contributed by atoms with Gasteiger partial charge in [-0.25, -0.2) is 14.6 Å². The summed E-state index contributed by atoms with van der Waals surface area (Å²) in [6.45, 7) is 3.19. The summed E-state index contributed by atoms with van der Waals surface area (Å²) in [4.78, 5) is 23.2. The van der Waals surface area contributed by atoms with Crippen LogP contribution in [0.2, 0.25) is 0 Å². The first-order chi connectivity index (χ1) is 18.0. The van der Waals surface area contributed by atoms with Crippen molar-refractivity contribution in [3.63, 3.8) is 0 Å². The SMILES string of the molecule is Cn1cc(Nc2nccc(-c3ccc4c(c3)CN([C@H]3CCOC3)CC[C@H]4n3cc(C(N)=O)nn3)n2)cn1. The van der Waals surface area contributed by atoms with E-state index in [4.69, 9.17) is 15.5 Å². The maximum absolute atomic E-state index is 11.6. The molecule has 1 fully saturated rings. The number of nitrogens with zero attached hydrogens (tertiary/aromatic N) is 8. The molecule has 4 aromatic rings. The van der Waals surface area contributed by atoms with Gasteiger partial charge < -0.3 is 15.8 Å². The molecule has 0 aliphatic carbocycles. The molecule has 2 aliphatic heterocycles. The summed E-state index contributed by atoms with van der Waals surface area (Å²) < 4.78 is 9.16. The second-order valence-corrected chi connectivity index (χ2v) is 9.45. The molecular formula is C25H28N10O2. The van der Waals surface area contributed by atoms with E-state index < -0.39 is 5.91 Å². The van der Waals surface area contributed by atoms with E-state index in [0.29, 0.717) is 12.0 Å². The van der Waals surface area contributed by atoms with Crippen molar-refractivity contribution >= 4 is 17.5 Å². The maximum atomic E-state index is 11.6. The van der Waals surface area contributed by atoms with Gasteiger partial charge >= 0.3 is 0 Å². The van der Waals surface area contributed by atoms with Crippen molar-refractivity contribution in [1.29, 1.82) is 0 Å². The lowest BCUT2D eigenvalue weighted by Gasteiger charge is -2.26. The molecule has 2 aliphatic rings. The highest BCUT2D eigenvalue weighted by Crippen LogP contribution is 2.34. The monoisotopic (exact) mass is 500 g/mol. The van der Waals surface area contributed by atoms with Gasteiger partial charge in [0.2, 0.25) is 5.95 Å². The summed E-state index contributed by atoms with van der Waals surface area (Å²) in [5.41, 5.74) is 10.6. The highest BCUT2D eigenvalue weighted by molar-refractivity contribution is 5.90. The van der Waals surface area contributed by atoms with Crippen molar-refractivity contribution in [2.24, 2.45) is 12.8 Å². The predicted molar refractivity (Wildman–Crippen MR) is 135 cm³/mol. The number of rotatable bonds is 6. The summed E-state index contributed by atoms with van der Waals surface area (Å²) in [6, 6.07) is 8.61. The van der Waals surface area contributed by atoms with E-state index in [1.165, 1.54) is 5.56 Å². The Balaban J connectivity index is 1.35. The number of benzene rings is 1. The lowest BCUT2D eigenvalue weighted by atomic mass is 9.96.